The van der Waals surface area contributed by atoms with Crippen molar-refractivity contribution in [2.75, 3.05) is 27.2 Å². The smallest absolute Gasteiger partial charge is 0.111 e. The lowest BCUT2D eigenvalue weighted by Crippen LogP contribution is -2.51. The number of likely N-dealkylation sites (N-methyl/N-ethyl adjacent to an activating group) is 1. The Kier molecular flexibility index (Phi) is 17.6. The Morgan fingerprint density at radius 2 is 1.20 bits per heavy atom. The molecule has 0 aliphatic heterocycles. The number of carboxylic acid groups (broad SMARTS) is 1. The van der Waals surface area contributed by atoms with E-state index in [1.165, 1.54) is 83.5 Å². The van der Waals surface area contributed by atoms with Crippen molar-refractivity contribution in [1.82, 2.24) is 0 Å². The second-order valence-electron chi connectivity index (χ2n) is 10.5. The highest BCUT2D eigenvalue weighted by atomic mass is 16.4. The zero-order valence-electron chi connectivity index (χ0n) is 20.9. The van der Waals surface area contributed by atoms with Gasteiger partial charge in [0, 0.05) is 5.97 Å². The second kappa shape index (κ2) is 18.0. The van der Waals surface area contributed by atoms with Gasteiger partial charge >= 0.3 is 0 Å². The molecule has 0 aliphatic carbocycles. The lowest BCUT2D eigenvalue weighted by molar-refractivity contribution is -0.896. The maximum Gasteiger partial charge on any atom is 0.111 e. The van der Waals surface area contributed by atoms with Crippen LogP contribution < -0.4 is 5.11 Å². The summed E-state index contributed by atoms with van der Waals surface area (Å²) in [7, 11) is 4.25. The molecule has 4 nitrogen and oxygen atoms in total. The van der Waals surface area contributed by atoms with Crippen molar-refractivity contribution >= 4 is 5.97 Å². The zero-order chi connectivity index (χ0) is 22.7. The molecule has 0 radical (unpaired) electrons. The van der Waals surface area contributed by atoms with Crippen molar-refractivity contribution < 1.29 is 19.5 Å². The number of unbranched alkanes of at least 4 members (excludes halogenated alkanes) is 14. The minimum Gasteiger partial charge on any atom is -0.550 e. The van der Waals surface area contributed by atoms with Crippen LogP contribution in [0.5, 0.6) is 0 Å². The fraction of sp³-hybridized carbons (Fsp3) is 0.962. The fourth-order valence-electron chi connectivity index (χ4n) is 4.59. The van der Waals surface area contributed by atoms with E-state index in [1.807, 2.05) is 6.92 Å². The van der Waals surface area contributed by atoms with Gasteiger partial charge < -0.3 is 19.5 Å². The molecule has 0 aromatic rings. The number of rotatable bonds is 22. The molecule has 0 saturated heterocycles. The Hall–Kier alpha value is -0.610. The van der Waals surface area contributed by atoms with Crippen molar-refractivity contribution in [3.05, 3.63) is 0 Å². The first kappa shape index (κ1) is 29.4. The molecule has 0 bridgehead atoms. The highest BCUT2D eigenvalue weighted by Crippen LogP contribution is 2.20. The van der Waals surface area contributed by atoms with E-state index in [-0.39, 0.29) is 6.42 Å². The summed E-state index contributed by atoms with van der Waals surface area (Å²) < 4.78 is 0.735. The van der Waals surface area contributed by atoms with E-state index in [2.05, 4.69) is 21.0 Å². The van der Waals surface area contributed by atoms with Crippen molar-refractivity contribution in [3.63, 3.8) is 0 Å². The van der Waals surface area contributed by atoms with Gasteiger partial charge in [0.1, 0.15) is 12.1 Å². The Balaban J connectivity index is 3.59. The first-order chi connectivity index (χ1) is 14.2. The highest BCUT2D eigenvalue weighted by Gasteiger charge is 2.29. The molecule has 0 amide bonds. The number of quaternary nitrogens is 1. The summed E-state index contributed by atoms with van der Waals surface area (Å²) in [5.74, 6) is -0.967. The van der Waals surface area contributed by atoms with Crippen LogP contribution in [0.4, 0.5) is 0 Å². The molecule has 1 atom stereocenters. The second-order valence-corrected chi connectivity index (χ2v) is 10.5. The largest absolute Gasteiger partial charge is 0.550 e. The molecule has 4 heteroatoms. The number of hydrogen-bond donors (Lipinski definition) is 1. The lowest BCUT2D eigenvalue weighted by atomic mass is 9.96. The van der Waals surface area contributed by atoms with E-state index in [0.29, 0.717) is 6.42 Å². The number of nitrogens with zero attached hydrogens (tertiary/aromatic N) is 1. The number of carboxylic acids is 1. The molecule has 0 aromatic carbocycles. The number of aliphatic hydroxyl groups is 1. The molecule has 0 saturated carbocycles. The Bertz CT molecular complexity index is 407. The van der Waals surface area contributed by atoms with Crippen LogP contribution in [0.3, 0.4) is 0 Å². The molecule has 180 valence electrons. The van der Waals surface area contributed by atoms with Crippen LogP contribution in [-0.2, 0) is 4.79 Å². The minimum absolute atomic E-state index is 0.134. The molecule has 30 heavy (non-hydrogen) atoms. The molecular formula is C26H53NO3. The van der Waals surface area contributed by atoms with Crippen molar-refractivity contribution in [2.24, 2.45) is 0 Å². The molecular weight excluding hydrogens is 374 g/mol. The Morgan fingerprint density at radius 1 is 0.767 bits per heavy atom. The summed E-state index contributed by atoms with van der Waals surface area (Å²) in [4.78, 5) is 10.5. The summed E-state index contributed by atoms with van der Waals surface area (Å²) in [5, 5.41) is 21.3. The Labute approximate surface area is 188 Å². The van der Waals surface area contributed by atoms with E-state index in [9.17, 15) is 15.0 Å². The number of carbonyl (C=O) groups excluding carboxylic acids is 1. The summed E-state index contributed by atoms with van der Waals surface area (Å²) in [5.41, 5.74) is -0.644. The predicted molar refractivity (Wildman–Crippen MR) is 126 cm³/mol. The van der Waals surface area contributed by atoms with Crippen LogP contribution in [0.15, 0.2) is 0 Å². The van der Waals surface area contributed by atoms with Gasteiger partial charge in [0.05, 0.1) is 20.6 Å². The van der Waals surface area contributed by atoms with Crippen molar-refractivity contribution in [2.45, 2.75) is 135 Å². The van der Waals surface area contributed by atoms with Gasteiger partial charge in [-0.2, -0.15) is 0 Å². The average molecular weight is 428 g/mol. The first-order valence-electron chi connectivity index (χ1n) is 12.9. The molecule has 1 unspecified atom stereocenters. The predicted octanol–water partition coefficient (Wildman–Crippen LogP) is 5.61. The van der Waals surface area contributed by atoms with Gasteiger partial charge in [0.15, 0.2) is 0 Å². The standard InChI is InChI=1S/C26H53NO3/c1-5-6-7-8-9-10-11-12-13-14-15-16-17-19-22-26(2,30)24-27(3,4)23-20-18-21-25(28)29/h30H,5-24H2,1-4H3. The SMILES string of the molecule is CCCCCCCCCCCCCCCCC(C)(O)C[N+](C)(C)CCCCC(=O)[O-]. The van der Waals surface area contributed by atoms with Gasteiger partial charge in [-0.3, -0.25) is 0 Å². The lowest BCUT2D eigenvalue weighted by Gasteiger charge is -2.36. The van der Waals surface area contributed by atoms with E-state index < -0.39 is 11.6 Å². The molecule has 0 fully saturated rings. The quantitative estimate of drug-likeness (QED) is 0.180. The number of hydrogen-bond acceptors (Lipinski definition) is 3. The topological polar surface area (TPSA) is 60.4 Å². The average Bonchev–Trinajstić information content (AvgIpc) is 2.64. The van der Waals surface area contributed by atoms with Crippen LogP contribution in [0.1, 0.15) is 129 Å². The third-order valence-corrected chi connectivity index (χ3v) is 6.23. The van der Waals surface area contributed by atoms with Gasteiger partial charge in [-0.1, -0.05) is 96.8 Å². The normalized spacial score (nSPS) is 14.0. The van der Waals surface area contributed by atoms with Gasteiger partial charge in [-0.25, -0.2) is 0 Å². The van der Waals surface area contributed by atoms with Crippen LogP contribution >= 0.6 is 0 Å². The van der Waals surface area contributed by atoms with Gasteiger partial charge in [-0.15, -0.1) is 0 Å². The van der Waals surface area contributed by atoms with Gasteiger partial charge in [0.2, 0.25) is 0 Å². The Morgan fingerprint density at radius 3 is 1.63 bits per heavy atom. The molecule has 1 N–H and O–H groups in total. The van der Waals surface area contributed by atoms with E-state index in [4.69, 9.17) is 0 Å². The van der Waals surface area contributed by atoms with Gasteiger partial charge in [0.25, 0.3) is 0 Å². The third kappa shape index (κ3) is 20.7. The van der Waals surface area contributed by atoms with Crippen LogP contribution in [0.2, 0.25) is 0 Å². The maximum absolute atomic E-state index is 10.8. The summed E-state index contributed by atoms with van der Waals surface area (Å²) in [6.07, 6.45) is 21.4. The van der Waals surface area contributed by atoms with Crippen molar-refractivity contribution in [1.29, 1.82) is 0 Å². The van der Waals surface area contributed by atoms with E-state index in [0.717, 1.165) is 36.8 Å². The maximum atomic E-state index is 10.8. The molecule has 0 aliphatic rings. The molecule has 0 spiro atoms. The molecule has 0 rings (SSSR count). The molecule has 0 aromatic heterocycles. The number of carbonyl (C=O) groups is 1. The summed E-state index contributed by atoms with van der Waals surface area (Å²) in [6.45, 7) is 5.84. The minimum atomic E-state index is -0.967. The van der Waals surface area contributed by atoms with Crippen molar-refractivity contribution in [3.8, 4) is 0 Å². The summed E-state index contributed by atoms with van der Waals surface area (Å²) in [6, 6.07) is 0. The van der Waals surface area contributed by atoms with Crippen LogP contribution in [0, 0.1) is 0 Å². The van der Waals surface area contributed by atoms with Crippen LogP contribution in [0.25, 0.3) is 0 Å². The van der Waals surface area contributed by atoms with Gasteiger partial charge in [-0.05, 0) is 32.6 Å². The third-order valence-electron chi connectivity index (χ3n) is 6.23. The monoisotopic (exact) mass is 427 g/mol. The highest BCUT2D eigenvalue weighted by molar-refractivity contribution is 5.64. The fourth-order valence-corrected chi connectivity index (χ4v) is 4.59. The van der Waals surface area contributed by atoms with Crippen LogP contribution in [-0.4, -0.2) is 48.3 Å². The van der Waals surface area contributed by atoms with E-state index in [1.54, 1.807) is 0 Å². The summed E-state index contributed by atoms with van der Waals surface area (Å²) >= 11 is 0. The molecule has 0 heterocycles. The number of aliphatic carboxylic acids is 1. The first-order valence-corrected chi connectivity index (χ1v) is 12.9. The zero-order valence-corrected chi connectivity index (χ0v) is 20.9. The van der Waals surface area contributed by atoms with E-state index >= 15 is 0 Å².